The van der Waals surface area contributed by atoms with Gasteiger partial charge in [0, 0.05) is 30.6 Å². The Balaban J connectivity index is 0.00000225. The van der Waals surface area contributed by atoms with Crippen molar-refractivity contribution in [3.8, 4) is 0 Å². The quantitative estimate of drug-likeness (QED) is 0.640. The molecule has 1 aromatic rings. The number of hydrogen-bond acceptors (Lipinski definition) is 4. The summed E-state index contributed by atoms with van der Waals surface area (Å²) in [5, 5.41) is 14.1. The number of carbonyl (C=O) groups is 1. The molecular formula is C18H26ClN3O3. The van der Waals surface area contributed by atoms with Crippen molar-refractivity contribution in [1.29, 1.82) is 0 Å². The molecule has 1 unspecified atom stereocenters. The Kier molecular flexibility index (Phi) is 6.06. The number of carbonyl (C=O) groups excluding carboxylic acids is 1. The number of nitro groups is 1. The van der Waals surface area contributed by atoms with Crippen LogP contribution in [0.4, 0.5) is 5.69 Å². The minimum Gasteiger partial charge on any atom is -0.336 e. The van der Waals surface area contributed by atoms with Gasteiger partial charge in [0.1, 0.15) is 0 Å². The maximum Gasteiger partial charge on any atom is 0.269 e. The van der Waals surface area contributed by atoms with Crippen LogP contribution in [0.25, 0.3) is 0 Å². The van der Waals surface area contributed by atoms with E-state index in [0.717, 1.165) is 37.9 Å². The number of halogens is 1. The second-order valence-corrected chi connectivity index (χ2v) is 7.35. The number of nitrogens with zero attached hydrogens (tertiary/aromatic N) is 2. The third kappa shape index (κ3) is 4.12. The second kappa shape index (κ2) is 7.70. The van der Waals surface area contributed by atoms with Gasteiger partial charge in [-0.1, -0.05) is 12.1 Å². The maximum atomic E-state index is 13.0. The largest absolute Gasteiger partial charge is 0.336 e. The van der Waals surface area contributed by atoms with Crippen molar-refractivity contribution in [3.63, 3.8) is 0 Å². The standard InChI is InChI=1S/C18H25N3O3.ClH/c1-13(2)20(12-14-3-5-15(6-4-14)21(23)24)17(22)16-11-18(16)7-9-19-10-8-18;/h3-6,13,16,19H,7-12H2,1-2H3;1H. The molecule has 1 amide bonds. The lowest BCUT2D eigenvalue weighted by molar-refractivity contribution is -0.384. The van der Waals surface area contributed by atoms with Crippen LogP contribution in [0, 0.1) is 21.4 Å². The monoisotopic (exact) mass is 367 g/mol. The molecule has 1 N–H and O–H groups in total. The molecule has 2 aliphatic rings. The van der Waals surface area contributed by atoms with Crippen molar-refractivity contribution < 1.29 is 9.72 Å². The van der Waals surface area contributed by atoms with E-state index in [1.807, 2.05) is 18.7 Å². The van der Waals surface area contributed by atoms with Crippen molar-refractivity contribution in [2.24, 2.45) is 11.3 Å². The van der Waals surface area contributed by atoms with Crippen molar-refractivity contribution in [1.82, 2.24) is 10.2 Å². The van der Waals surface area contributed by atoms with Crippen molar-refractivity contribution in [2.45, 2.75) is 45.7 Å². The molecule has 1 atom stereocenters. The molecule has 1 spiro atoms. The number of benzene rings is 1. The second-order valence-electron chi connectivity index (χ2n) is 7.35. The first-order chi connectivity index (χ1) is 11.4. The van der Waals surface area contributed by atoms with Crippen LogP contribution in [0.15, 0.2) is 24.3 Å². The molecule has 6 nitrogen and oxygen atoms in total. The SMILES string of the molecule is CC(C)N(Cc1ccc([N+](=O)[O-])cc1)C(=O)C1CC12CCNCC2.Cl. The Hall–Kier alpha value is -1.66. The van der Waals surface area contributed by atoms with Crippen molar-refractivity contribution >= 4 is 24.0 Å². The summed E-state index contributed by atoms with van der Waals surface area (Å²) in [7, 11) is 0. The molecule has 0 radical (unpaired) electrons. The topological polar surface area (TPSA) is 75.5 Å². The van der Waals surface area contributed by atoms with E-state index in [1.54, 1.807) is 12.1 Å². The fraction of sp³-hybridized carbons (Fsp3) is 0.611. The number of hydrogen-bond donors (Lipinski definition) is 1. The highest BCUT2D eigenvalue weighted by Gasteiger charge is 2.58. The van der Waals surface area contributed by atoms with Crippen LogP contribution in [0.5, 0.6) is 0 Å². The molecule has 1 aromatic carbocycles. The lowest BCUT2D eigenvalue weighted by atomic mass is 9.91. The molecule has 1 saturated heterocycles. The molecule has 1 heterocycles. The molecular weight excluding hydrogens is 342 g/mol. The van der Waals surface area contributed by atoms with Gasteiger partial charge in [-0.25, -0.2) is 0 Å². The molecule has 2 fully saturated rings. The van der Waals surface area contributed by atoms with Gasteiger partial charge in [-0.05, 0) is 57.2 Å². The zero-order valence-corrected chi connectivity index (χ0v) is 15.6. The van der Waals surface area contributed by atoms with Gasteiger partial charge in [-0.3, -0.25) is 14.9 Å². The first-order valence-electron chi connectivity index (χ1n) is 8.67. The number of nitro benzene ring substituents is 1. The van der Waals surface area contributed by atoms with E-state index in [4.69, 9.17) is 0 Å². The normalized spacial score (nSPS) is 20.8. The predicted octanol–water partition coefficient (Wildman–Crippen LogP) is 3.14. The lowest BCUT2D eigenvalue weighted by Gasteiger charge is -2.30. The Bertz CT molecular complexity index is 627. The molecule has 138 valence electrons. The molecule has 1 saturated carbocycles. The first-order valence-corrected chi connectivity index (χ1v) is 8.67. The lowest BCUT2D eigenvalue weighted by Crippen LogP contribution is -2.40. The summed E-state index contributed by atoms with van der Waals surface area (Å²) in [6.07, 6.45) is 3.19. The van der Waals surface area contributed by atoms with Crippen LogP contribution in [-0.4, -0.2) is 34.9 Å². The fourth-order valence-electron chi connectivity index (χ4n) is 3.81. The minimum absolute atomic E-state index is 0. The number of rotatable bonds is 5. The van der Waals surface area contributed by atoms with Crippen LogP contribution < -0.4 is 5.32 Å². The van der Waals surface area contributed by atoms with Gasteiger partial charge in [0.05, 0.1) is 4.92 Å². The van der Waals surface area contributed by atoms with Gasteiger partial charge in [-0.2, -0.15) is 0 Å². The third-order valence-corrected chi connectivity index (χ3v) is 5.49. The van der Waals surface area contributed by atoms with E-state index in [1.165, 1.54) is 12.1 Å². The molecule has 3 rings (SSSR count). The molecule has 0 aromatic heterocycles. The summed E-state index contributed by atoms with van der Waals surface area (Å²) in [6, 6.07) is 6.61. The Labute approximate surface area is 154 Å². The summed E-state index contributed by atoms with van der Waals surface area (Å²) in [4.78, 5) is 25.3. The average Bonchev–Trinajstić information content (AvgIpc) is 3.25. The van der Waals surface area contributed by atoms with Crippen LogP contribution in [0.3, 0.4) is 0 Å². The first kappa shape index (κ1) is 19.7. The summed E-state index contributed by atoms with van der Waals surface area (Å²) < 4.78 is 0. The van der Waals surface area contributed by atoms with Crippen LogP contribution in [0.2, 0.25) is 0 Å². The molecule has 0 bridgehead atoms. The Morgan fingerprint density at radius 3 is 2.44 bits per heavy atom. The summed E-state index contributed by atoms with van der Waals surface area (Å²) in [6.45, 7) is 6.59. The van der Waals surface area contributed by atoms with Crippen molar-refractivity contribution in [3.05, 3.63) is 39.9 Å². The van der Waals surface area contributed by atoms with E-state index >= 15 is 0 Å². The highest BCUT2D eigenvalue weighted by molar-refractivity contribution is 5.85. The van der Waals surface area contributed by atoms with E-state index in [2.05, 4.69) is 5.32 Å². The number of amides is 1. The number of non-ortho nitro benzene ring substituents is 1. The third-order valence-electron chi connectivity index (χ3n) is 5.49. The smallest absolute Gasteiger partial charge is 0.269 e. The predicted molar refractivity (Wildman–Crippen MR) is 98.7 cm³/mol. The Morgan fingerprint density at radius 2 is 1.92 bits per heavy atom. The van der Waals surface area contributed by atoms with Gasteiger partial charge in [0.2, 0.25) is 5.91 Å². The molecule has 7 heteroatoms. The highest BCUT2D eigenvalue weighted by atomic mass is 35.5. The van der Waals surface area contributed by atoms with Gasteiger partial charge >= 0.3 is 0 Å². The van der Waals surface area contributed by atoms with E-state index in [-0.39, 0.29) is 41.4 Å². The van der Waals surface area contributed by atoms with E-state index in [9.17, 15) is 14.9 Å². The molecule has 1 aliphatic heterocycles. The minimum atomic E-state index is -0.403. The van der Waals surface area contributed by atoms with Crippen LogP contribution in [-0.2, 0) is 11.3 Å². The van der Waals surface area contributed by atoms with Gasteiger partial charge in [0.15, 0.2) is 0 Å². The fourth-order valence-corrected chi connectivity index (χ4v) is 3.81. The van der Waals surface area contributed by atoms with E-state index < -0.39 is 4.92 Å². The van der Waals surface area contributed by atoms with Crippen LogP contribution in [0.1, 0.15) is 38.7 Å². The average molecular weight is 368 g/mol. The summed E-state index contributed by atoms with van der Waals surface area (Å²) in [5.74, 6) is 0.394. The van der Waals surface area contributed by atoms with Crippen LogP contribution >= 0.6 is 12.4 Å². The summed E-state index contributed by atoms with van der Waals surface area (Å²) in [5.41, 5.74) is 1.24. The van der Waals surface area contributed by atoms with Crippen molar-refractivity contribution in [2.75, 3.05) is 13.1 Å². The number of piperidine rings is 1. The molecule has 25 heavy (non-hydrogen) atoms. The highest BCUT2D eigenvalue weighted by Crippen LogP contribution is 2.59. The maximum absolute atomic E-state index is 13.0. The Morgan fingerprint density at radius 1 is 1.32 bits per heavy atom. The molecule has 1 aliphatic carbocycles. The van der Waals surface area contributed by atoms with E-state index in [0.29, 0.717) is 6.54 Å². The van der Waals surface area contributed by atoms with Gasteiger partial charge in [-0.15, -0.1) is 12.4 Å². The summed E-state index contributed by atoms with van der Waals surface area (Å²) >= 11 is 0. The zero-order valence-electron chi connectivity index (χ0n) is 14.7. The zero-order chi connectivity index (χ0) is 17.3. The van der Waals surface area contributed by atoms with Gasteiger partial charge in [0.25, 0.3) is 5.69 Å². The van der Waals surface area contributed by atoms with Gasteiger partial charge < -0.3 is 10.2 Å². The number of nitrogens with one attached hydrogen (secondary N) is 1.